The summed E-state index contributed by atoms with van der Waals surface area (Å²) >= 11 is 0. The standard InChI is InChI=1S/C18H34O/c1-3-4-5-6-15-7-9-16(10-8-15)17-11-13-18(2,19)14-12-17/h15-17,19H,3-14H2,1-2H3/t15?,16?,17-,18+. The third-order valence-corrected chi connectivity index (χ3v) is 5.88. The minimum absolute atomic E-state index is 0.353. The number of hydrogen-bond donors (Lipinski definition) is 1. The molecule has 0 aliphatic heterocycles. The molecule has 112 valence electrons. The highest BCUT2D eigenvalue weighted by molar-refractivity contribution is 4.86. The predicted octanol–water partition coefficient (Wildman–Crippen LogP) is 5.31. The summed E-state index contributed by atoms with van der Waals surface area (Å²) in [7, 11) is 0. The highest BCUT2D eigenvalue weighted by Crippen LogP contribution is 2.43. The van der Waals surface area contributed by atoms with Gasteiger partial charge in [-0.2, -0.15) is 0 Å². The van der Waals surface area contributed by atoms with E-state index in [1.165, 1.54) is 64.2 Å². The maximum atomic E-state index is 10.1. The largest absolute Gasteiger partial charge is 0.390 e. The molecule has 0 aromatic rings. The fraction of sp³-hybridized carbons (Fsp3) is 1.00. The maximum absolute atomic E-state index is 10.1. The molecular formula is C18H34O. The highest BCUT2D eigenvalue weighted by Gasteiger charge is 2.34. The van der Waals surface area contributed by atoms with Gasteiger partial charge in [0.05, 0.1) is 5.60 Å². The number of aliphatic hydroxyl groups is 1. The van der Waals surface area contributed by atoms with Crippen molar-refractivity contribution in [2.45, 2.75) is 96.5 Å². The normalized spacial score (nSPS) is 40.3. The molecule has 2 rings (SSSR count). The van der Waals surface area contributed by atoms with E-state index in [0.717, 1.165) is 30.6 Å². The van der Waals surface area contributed by atoms with Crippen LogP contribution >= 0.6 is 0 Å². The molecule has 0 atom stereocenters. The molecule has 1 nitrogen and oxygen atoms in total. The predicted molar refractivity (Wildman–Crippen MR) is 82.2 cm³/mol. The van der Waals surface area contributed by atoms with E-state index in [0.29, 0.717) is 0 Å². The summed E-state index contributed by atoms with van der Waals surface area (Å²) < 4.78 is 0. The van der Waals surface area contributed by atoms with Gasteiger partial charge in [0, 0.05) is 0 Å². The summed E-state index contributed by atoms with van der Waals surface area (Å²) in [5.74, 6) is 2.95. The van der Waals surface area contributed by atoms with E-state index in [1.54, 1.807) is 0 Å². The van der Waals surface area contributed by atoms with E-state index in [9.17, 15) is 5.11 Å². The molecule has 0 radical (unpaired) electrons. The van der Waals surface area contributed by atoms with Crippen molar-refractivity contribution in [2.24, 2.45) is 17.8 Å². The van der Waals surface area contributed by atoms with Gasteiger partial charge in [0.1, 0.15) is 0 Å². The van der Waals surface area contributed by atoms with Crippen LogP contribution in [0.15, 0.2) is 0 Å². The molecule has 0 aromatic carbocycles. The molecule has 2 aliphatic carbocycles. The second-order valence-corrected chi connectivity index (χ2v) is 7.61. The lowest BCUT2D eigenvalue weighted by molar-refractivity contribution is -0.00579. The fourth-order valence-electron chi connectivity index (χ4n) is 4.36. The van der Waals surface area contributed by atoms with Crippen molar-refractivity contribution < 1.29 is 5.11 Å². The van der Waals surface area contributed by atoms with Gasteiger partial charge in [0.25, 0.3) is 0 Å². The van der Waals surface area contributed by atoms with Crippen LogP contribution in [-0.2, 0) is 0 Å². The van der Waals surface area contributed by atoms with Crippen molar-refractivity contribution in [3.05, 3.63) is 0 Å². The quantitative estimate of drug-likeness (QED) is 0.668. The summed E-state index contributed by atoms with van der Waals surface area (Å²) in [6.45, 7) is 4.32. The van der Waals surface area contributed by atoms with Gasteiger partial charge in [0.2, 0.25) is 0 Å². The molecule has 2 saturated carbocycles. The summed E-state index contributed by atoms with van der Waals surface area (Å²) in [6, 6.07) is 0. The molecule has 0 aromatic heterocycles. The van der Waals surface area contributed by atoms with Crippen molar-refractivity contribution in [3.8, 4) is 0 Å². The molecule has 0 spiro atoms. The first-order valence-electron chi connectivity index (χ1n) is 8.83. The fourth-order valence-corrected chi connectivity index (χ4v) is 4.36. The minimum Gasteiger partial charge on any atom is -0.390 e. The summed E-state index contributed by atoms with van der Waals surface area (Å²) in [4.78, 5) is 0. The topological polar surface area (TPSA) is 20.2 Å². The first-order valence-corrected chi connectivity index (χ1v) is 8.83. The second-order valence-electron chi connectivity index (χ2n) is 7.61. The van der Waals surface area contributed by atoms with Crippen molar-refractivity contribution in [2.75, 3.05) is 0 Å². The van der Waals surface area contributed by atoms with Crippen LogP contribution in [0.25, 0.3) is 0 Å². The molecule has 2 fully saturated rings. The van der Waals surface area contributed by atoms with Crippen molar-refractivity contribution in [1.82, 2.24) is 0 Å². The Bertz CT molecular complexity index is 240. The lowest BCUT2D eigenvalue weighted by atomic mass is 9.68. The number of unbranched alkanes of at least 4 members (excludes halogenated alkanes) is 2. The van der Waals surface area contributed by atoms with E-state index < -0.39 is 0 Å². The molecule has 2 aliphatic rings. The zero-order chi connectivity index (χ0) is 13.7. The van der Waals surface area contributed by atoms with Gasteiger partial charge < -0.3 is 5.11 Å². The Morgan fingerprint density at radius 3 is 2.05 bits per heavy atom. The smallest absolute Gasteiger partial charge is 0.0620 e. The van der Waals surface area contributed by atoms with Crippen molar-refractivity contribution in [1.29, 1.82) is 0 Å². The van der Waals surface area contributed by atoms with E-state index in [1.807, 2.05) is 6.92 Å². The Morgan fingerprint density at radius 1 is 0.895 bits per heavy atom. The number of rotatable bonds is 5. The SMILES string of the molecule is CCCCCC1CCC([C@H]2CC[C@@](C)(O)CC2)CC1. The average molecular weight is 266 g/mol. The van der Waals surface area contributed by atoms with Gasteiger partial charge in [-0.25, -0.2) is 0 Å². The van der Waals surface area contributed by atoms with Crippen LogP contribution in [0.2, 0.25) is 0 Å². The zero-order valence-corrected chi connectivity index (χ0v) is 13.2. The lowest BCUT2D eigenvalue weighted by Gasteiger charge is -2.40. The van der Waals surface area contributed by atoms with Crippen molar-refractivity contribution in [3.63, 3.8) is 0 Å². The molecule has 0 unspecified atom stereocenters. The van der Waals surface area contributed by atoms with Crippen molar-refractivity contribution >= 4 is 0 Å². The maximum Gasteiger partial charge on any atom is 0.0620 e. The molecular weight excluding hydrogens is 232 g/mol. The first kappa shape index (κ1) is 15.4. The zero-order valence-electron chi connectivity index (χ0n) is 13.2. The molecule has 1 N–H and O–H groups in total. The van der Waals surface area contributed by atoms with Crippen LogP contribution < -0.4 is 0 Å². The first-order chi connectivity index (χ1) is 9.11. The highest BCUT2D eigenvalue weighted by atomic mass is 16.3. The molecule has 0 amide bonds. The monoisotopic (exact) mass is 266 g/mol. The number of hydrogen-bond acceptors (Lipinski definition) is 1. The van der Waals surface area contributed by atoms with Crippen LogP contribution in [-0.4, -0.2) is 10.7 Å². The van der Waals surface area contributed by atoms with Crippen LogP contribution in [0.5, 0.6) is 0 Å². The Balaban J connectivity index is 1.66. The van der Waals surface area contributed by atoms with Crippen LogP contribution in [0.1, 0.15) is 90.9 Å². The van der Waals surface area contributed by atoms with Crippen LogP contribution in [0, 0.1) is 17.8 Å². The van der Waals surface area contributed by atoms with Crippen LogP contribution in [0.3, 0.4) is 0 Å². The Kier molecular flexibility index (Phi) is 5.74. The van der Waals surface area contributed by atoms with E-state index in [4.69, 9.17) is 0 Å². The third kappa shape index (κ3) is 4.77. The van der Waals surface area contributed by atoms with Gasteiger partial charge in [-0.1, -0.05) is 45.4 Å². The van der Waals surface area contributed by atoms with Gasteiger partial charge in [-0.3, -0.25) is 0 Å². The molecule has 0 heterocycles. The van der Waals surface area contributed by atoms with Gasteiger partial charge in [-0.05, 0) is 63.2 Å². The van der Waals surface area contributed by atoms with Crippen LogP contribution in [0.4, 0.5) is 0 Å². The Morgan fingerprint density at radius 2 is 1.47 bits per heavy atom. The molecule has 0 saturated heterocycles. The average Bonchev–Trinajstić information content (AvgIpc) is 2.40. The summed E-state index contributed by atoms with van der Waals surface area (Å²) in [5, 5.41) is 10.1. The third-order valence-electron chi connectivity index (χ3n) is 5.88. The van der Waals surface area contributed by atoms with E-state index in [-0.39, 0.29) is 5.60 Å². The van der Waals surface area contributed by atoms with Gasteiger partial charge >= 0.3 is 0 Å². The van der Waals surface area contributed by atoms with Gasteiger partial charge in [0.15, 0.2) is 0 Å². The molecule has 1 heteroatoms. The molecule has 19 heavy (non-hydrogen) atoms. The minimum atomic E-state index is -0.353. The molecule has 0 bridgehead atoms. The van der Waals surface area contributed by atoms with Gasteiger partial charge in [-0.15, -0.1) is 0 Å². The summed E-state index contributed by atoms with van der Waals surface area (Å²) in [6.07, 6.45) is 16.3. The van der Waals surface area contributed by atoms with E-state index >= 15 is 0 Å². The Hall–Kier alpha value is -0.0400. The Labute approximate surface area is 120 Å². The second kappa shape index (κ2) is 7.11. The summed E-state index contributed by atoms with van der Waals surface area (Å²) in [5.41, 5.74) is -0.353. The lowest BCUT2D eigenvalue weighted by Crippen LogP contribution is -2.34. The van der Waals surface area contributed by atoms with E-state index in [2.05, 4.69) is 6.92 Å².